The van der Waals surface area contributed by atoms with E-state index in [0.29, 0.717) is 30.1 Å². The third-order valence-electron chi connectivity index (χ3n) is 4.86. The molecule has 0 aliphatic carbocycles. The normalized spacial score (nSPS) is 15.3. The van der Waals surface area contributed by atoms with Crippen molar-refractivity contribution < 1.29 is 17.9 Å². The highest BCUT2D eigenvalue weighted by Crippen LogP contribution is 2.20. The Morgan fingerprint density at radius 2 is 1.61 bits per heavy atom. The lowest BCUT2D eigenvalue weighted by Gasteiger charge is -2.34. The SMILES string of the molecule is CCN1CCN(C(=O)c2ccc(S(=O)(=O)Nc3ccc(OC)cc3)cc2)CC1. The first-order valence-corrected chi connectivity index (χ1v) is 10.7. The van der Waals surface area contributed by atoms with Crippen molar-refractivity contribution in [1.82, 2.24) is 9.80 Å². The van der Waals surface area contributed by atoms with Crippen molar-refractivity contribution in [3.8, 4) is 5.75 Å². The molecule has 1 N–H and O–H groups in total. The number of carbonyl (C=O) groups excluding carboxylic acids is 1. The minimum atomic E-state index is -3.73. The molecule has 2 aromatic carbocycles. The molecule has 7 nitrogen and oxygen atoms in total. The van der Waals surface area contributed by atoms with Crippen LogP contribution in [0.1, 0.15) is 17.3 Å². The van der Waals surface area contributed by atoms with E-state index in [1.807, 2.05) is 4.90 Å². The summed E-state index contributed by atoms with van der Waals surface area (Å²) in [5.41, 5.74) is 0.933. The molecular weight excluding hydrogens is 378 g/mol. The largest absolute Gasteiger partial charge is 0.497 e. The van der Waals surface area contributed by atoms with Gasteiger partial charge in [-0.1, -0.05) is 6.92 Å². The van der Waals surface area contributed by atoms with Crippen molar-refractivity contribution in [3.63, 3.8) is 0 Å². The second-order valence-corrected chi connectivity index (χ2v) is 8.27. The number of piperazine rings is 1. The van der Waals surface area contributed by atoms with Gasteiger partial charge in [-0.25, -0.2) is 8.42 Å². The quantitative estimate of drug-likeness (QED) is 0.801. The minimum Gasteiger partial charge on any atom is -0.497 e. The molecule has 0 saturated carbocycles. The summed E-state index contributed by atoms with van der Waals surface area (Å²) in [6.07, 6.45) is 0. The Kier molecular flexibility index (Phi) is 6.21. The number of benzene rings is 2. The second kappa shape index (κ2) is 8.62. The molecule has 3 rings (SSSR count). The second-order valence-electron chi connectivity index (χ2n) is 6.58. The summed E-state index contributed by atoms with van der Waals surface area (Å²) in [7, 11) is -2.19. The number of ether oxygens (including phenoxy) is 1. The summed E-state index contributed by atoms with van der Waals surface area (Å²) >= 11 is 0. The summed E-state index contributed by atoms with van der Waals surface area (Å²) in [6.45, 7) is 6.19. The van der Waals surface area contributed by atoms with Crippen LogP contribution in [0.4, 0.5) is 5.69 Å². The molecule has 1 aliphatic rings. The predicted molar refractivity (Wildman–Crippen MR) is 108 cm³/mol. The molecule has 1 heterocycles. The Hall–Kier alpha value is -2.58. The summed E-state index contributed by atoms with van der Waals surface area (Å²) < 4.78 is 32.7. The van der Waals surface area contributed by atoms with E-state index >= 15 is 0 Å². The Labute approximate surface area is 166 Å². The zero-order valence-corrected chi connectivity index (χ0v) is 16.9. The maximum Gasteiger partial charge on any atom is 0.261 e. The van der Waals surface area contributed by atoms with Gasteiger partial charge < -0.3 is 14.5 Å². The fourth-order valence-electron chi connectivity index (χ4n) is 3.10. The Bertz CT molecular complexity index is 903. The van der Waals surface area contributed by atoms with E-state index in [2.05, 4.69) is 16.5 Å². The van der Waals surface area contributed by atoms with E-state index in [1.54, 1.807) is 43.5 Å². The highest BCUT2D eigenvalue weighted by molar-refractivity contribution is 7.92. The molecule has 0 aromatic heterocycles. The molecule has 1 fully saturated rings. The van der Waals surface area contributed by atoms with E-state index in [-0.39, 0.29) is 10.8 Å². The van der Waals surface area contributed by atoms with Crippen LogP contribution in [0.25, 0.3) is 0 Å². The number of carbonyl (C=O) groups is 1. The van der Waals surface area contributed by atoms with E-state index in [1.165, 1.54) is 12.1 Å². The van der Waals surface area contributed by atoms with Gasteiger partial charge in [0.25, 0.3) is 15.9 Å². The number of likely N-dealkylation sites (N-methyl/N-ethyl adjacent to an activating group) is 1. The third-order valence-corrected chi connectivity index (χ3v) is 6.26. The van der Waals surface area contributed by atoms with Crippen LogP contribution in [0.2, 0.25) is 0 Å². The average molecular weight is 404 g/mol. The van der Waals surface area contributed by atoms with E-state index in [9.17, 15) is 13.2 Å². The zero-order chi connectivity index (χ0) is 20.1. The van der Waals surface area contributed by atoms with Crippen LogP contribution in [0.15, 0.2) is 53.4 Å². The summed E-state index contributed by atoms with van der Waals surface area (Å²) in [4.78, 5) is 16.9. The van der Waals surface area contributed by atoms with Gasteiger partial charge in [0.05, 0.1) is 12.0 Å². The highest BCUT2D eigenvalue weighted by Gasteiger charge is 2.22. The minimum absolute atomic E-state index is 0.0668. The van der Waals surface area contributed by atoms with Crippen molar-refractivity contribution >= 4 is 21.6 Å². The molecule has 0 bridgehead atoms. The molecule has 2 aromatic rings. The molecule has 150 valence electrons. The van der Waals surface area contributed by atoms with E-state index in [4.69, 9.17) is 4.74 Å². The van der Waals surface area contributed by atoms with Crippen LogP contribution in [-0.2, 0) is 10.0 Å². The highest BCUT2D eigenvalue weighted by atomic mass is 32.2. The molecule has 8 heteroatoms. The fourth-order valence-corrected chi connectivity index (χ4v) is 4.16. The van der Waals surface area contributed by atoms with E-state index < -0.39 is 10.0 Å². The first-order chi connectivity index (χ1) is 13.4. The fraction of sp³-hybridized carbons (Fsp3) is 0.350. The summed E-state index contributed by atoms with van der Waals surface area (Å²) in [6, 6.07) is 12.7. The van der Waals surface area contributed by atoms with Crippen LogP contribution >= 0.6 is 0 Å². The zero-order valence-electron chi connectivity index (χ0n) is 16.1. The van der Waals surface area contributed by atoms with Gasteiger partial charge in [-0.05, 0) is 55.1 Å². The Morgan fingerprint density at radius 1 is 1.00 bits per heavy atom. The van der Waals surface area contributed by atoms with Gasteiger partial charge in [0.1, 0.15) is 5.75 Å². The standard InChI is InChI=1S/C20H25N3O4S/c1-3-22-12-14-23(15-13-22)20(24)16-4-10-19(11-5-16)28(25,26)21-17-6-8-18(27-2)9-7-17/h4-11,21H,3,12-15H2,1-2H3. The van der Waals surface area contributed by atoms with Gasteiger partial charge in [-0.2, -0.15) is 0 Å². The number of hydrogen-bond donors (Lipinski definition) is 1. The molecule has 0 unspecified atom stereocenters. The number of hydrogen-bond acceptors (Lipinski definition) is 5. The van der Waals surface area contributed by atoms with Gasteiger partial charge >= 0.3 is 0 Å². The lowest BCUT2D eigenvalue weighted by molar-refractivity contribution is 0.0643. The predicted octanol–water partition coefficient (Wildman–Crippen LogP) is 2.27. The van der Waals surface area contributed by atoms with Gasteiger partial charge in [-0.3, -0.25) is 9.52 Å². The van der Waals surface area contributed by atoms with Crippen LogP contribution < -0.4 is 9.46 Å². The first kappa shape index (κ1) is 20.2. The van der Waals surface area contributed by atoms with Crippen molar-refractivity contribution in [2.24, 2.45) is 0 Å². The molecule has 1 saturated heterocycles. The smallest absolute Gasteiger partial charge is 0.261 e. The monoisotopic (exact) mass is 403 g/mol. The molecule has 28 heavy (non-hydrogen) atoms. The molecule has 1 aliphatic heterocycles. The van der Waals surface area contributed by atoms with Crippen LogP contribution in [0.3, 0.4) is 0 Å². The van der Waals surface area contributed by atoms with E-state index in [0.717, 1.165) is 19.6 Å². The lowest BCUT2D eigenvalue weighted by atomic mass is 10.2. The van der Waals surface area contributed by atoms with Crippen molar-refractivity contribution in [1.29, 1.82) is 0 Å². The molecule has 0 radical (unpaired) electrons. The number of sulfonamides is 1. The summed E-state index contributed by atoms with van der Waals surface area (Å²) in [5, 5.41) is 0. The van der Waals surface area contributed by atoms with Crippen molar-refractivity contribution in [2.45, 2.75) is 11.8 Å². The Morgan fingerprint density at radius 3 is 2.14 bits per heavy atom. The number of anilines is 1. The molecule has 0 atom stereocenters. The number of nitrogens with one attached hydrogen (secondary N) is 1. The topological polar surface area (TPSA) is 79.0 Å². The lowest BCUT2D eigenvalue weighted by Crippen LogP contribution is -2.48. The number of amides is 1. The first-order valence-electron chi connectivity index (χ1n) is 9.21. The van der Waals surface area contributed by atoms with Crippen LogP contribution in [0, 0.1) is 0 Å². The number of methoxy groups -OCH3 is 1. The van der Waals surface area contributed by atoms with Gasteiger partial charge in [0.2, 0.25) is 0 Å². The third kappa shape index (κ3) is 4.63. The average Bonchev–Trinajstić information content (AvgIpc) is 2.73. The van der Waals surface area contributed by atoms with Gasteiger partial charge in [0, 0.05) is 37.4 Å². The van der Waals surface area contributed by atoms with Gasteiger partial charge in [-0.15, -0.1) is 0 Å². The molecular formula is C20H25N3O4S. The Balaban J connectivity index is 1.68. The molecule has 1 amide bonds. The van der Waals surface area contributed by atoms with Gasteiger partial charge in [0.15, 0.2) is 0 Å². The van der Waals surface area contributed by atoms with Crippen molar-refractivity contribution in [3.05, 3.63) is 54.1 Å². The summed E-state index contributed by atoms with van der Waals surface area (Å²) in [5.74, 6) is 0.577. The maximum atomic E-state index is 12.6. The molecule has 0 spiro atoms. The van der Waals surface area contributed by atoms with Crippen LogP contribution in [-0.4, -0.2) is 64.0 Å². The van der Waals surface area contributed by atoms with Crippen LogP contribution in [0.5, 0.6) is 5.75 Å². The van der Waals surface area contributed by atoms with Crippen molar-refractivity contribution in [2.75, 3.05) is 44.6 Å². The maximum absolute atomic E-state index is 12.6. The number of rotatable bonds is 6. The number of nitrogens with zero attached hydrogens (tertiary/aromatic N) is 2.